The largest absolute Gasteiger partial charge is 0.399 e. The van der Waals surface area contributed by atoms with Crippen LogP contribution in [0.15, 0.2) is 27.6 Å². The van der Waals surface area contributed by atoms with E-state index in [-0.39, 0.29) is 4.90 Å². The zero-order valence-corrected chi connectivity index (χ0v) is 10.4. The van der Waals surface area contributed by atoms with Crippen LogP contribution in [0.2, 0.25) is 0 Å². The molecule has 15 heavy (non-hydrogen) atoms. The summed E-state index contributed by atoms with van der Waals surface area (Å²) in [5, 5.41) is 0. The minimum absolute atomic E-state index is 0.252. The highest BCUT2D eigenvalue weighted by molar-refractivity contribution is 9.10. The topological polar surface area (TPSA) is 63.4 Å². The molecule has 1 aliphatic rings. The molecule has 0 aromatic heterocycles. The Balaban J connectivity index is 2.48. The minimum Gasteiger partial charge on any atom is -0.399 e. The van der Waals surface area contributed by atoms with E-state index in [9.17, 15) is 8.42 Å². The summed E-state index contributed by atoms with van der Waals surface area (Å²) < 4.78 is 26.1. The number of nitrogen functional groups attached to an aromatic ring is 1. The number of sulfonamides is 1. The molecule has 0 aliphatic carbocycles. The van der Waals surface area contributed by atoms with Gasteiger partial charge in [-0.25, -0.2) is 8.42 Å². The van der Waals surface area contributed by atoms with Gasteiger partial charge in [-0.2, -0.15) is 4.31 Å². The minimum atomic E-state index is -3.35. The molecule has 1 aromatic rings. The third kappa shape index (κ3) is 1.89. The van der Waals surface area contributed by atoms with Crippen molar-refractivity contribution in [3.05, 3.63) is 22.7 Å². The van der Waals surface area contributed by atoms with E-state index >= 15 is 0 Å². The monoisotopic (exact) mass is 290 g/mol. The molecule has 2 N–H and O–H groups in total. The van der Waals surface area contributed by atoms with Crippen LogP contribution in [-0.2, 0) is 10.0 Å². The van der Waals surface area contributed by atoms with Crippen molar-refractivity contribution in [2.75, 3.05) is 18.8 Å². The van der Waals surface area contributed by atoms with E-state index < -0.39 is 10.0 Å². The Kier molecular flexibility index (Phi) is 2.74. The average molecular weight is 291 g/mol. The molecule has 1 aromatic carbocycles. The molecule has 6 heteroatoms. The summed E-state index contributed by atoms with van der Waals surface area (Å²) in [7, 11) is -3.35. The molecule has 1 heterocycles. The predicted molar refractivity (Wildman–Crippen MR) is 61.9 cm³/mol. The molecule has 2 rings (SSSR count). The predicted octanol–water partition coefficient (Wildman–Crippen LogP) is 1.43. The Bertz CT molecular complexity index is 483. The average Bonchev–Trinajstić information content (AvgIpc) is 2.05. The lowest BCUT2D eigenvalue weighted by molar-refractivity contribution is 0.309. The lowest BCUT2D eigenvalue weighted by atomic mass is 10.3. The van der Waals surface area contributed by atoms with Crippen molar-refractivity contribution < 1.29 is 8.42 Å². The van der Waals surface area contributed by atoms with Gasteiger partial charge < -0.3 is 5.73 Å². The summed E-state index contributed by atoms with van der Waals surface area (Å²) in [5.74, 6) is 0. The lowest BCUT2D eigenvalue weighted by Crippen LogP contribution is -2.42. The van der Waals surface area contributed by atoms with E-state index in [1.165, 1.54) is 10.4 Å². The maximum Gasteiger partial charge on any atom is 0.244 e. The van der Waals surface area contributed by atoms with Crippen LogP contribution in [0.1, 0.15) is 6.42 Å². The first-order valence-corrected chi connectivity index (χ1v) is 6.80. The van der Waals surface area contributed by atoms with Gasteiger partial charge in [0.05, 0.1) is 4.90 Å². The van der Waals surface area contributed by atoms with Gasteiger partial charge >= 0.3 is 0 Å². The molecule has 4 nitrogen and oxygen atoms in total. The van der Waals surface area contributed by atoms with Crippen LogP contribution in [0, 0.1) is 0 Å². The molecule has 0 bridgehead atoms. The fraction of sp³-hybridized carbons (Fsp3) is 0.333. The number of hydrogen-bond acceptors (Lipinski definition) is 3. The molecular weight excluding hydrogens is 280 g/mol. The van der Waals surface area contributed by atoms with Crippen molar-refractivity contribution in [1.29, 1.82) is 0 Å². The first-order chi connectivity index (χ1) is 7.01. The molecule has 82 valence electrons. The van der Waals surface area contributed by atoms with E-state index in [2.05, 4.69) is 15.9 Å². The van der Waals surface area contributed by atoms with Crippen LogP contribution < -0.4 is 5.73 Å². The molecule has 1 fully saturated rings. The van der Waals surface area contributed by atoms with Crippen LogP contribution >= 0.6 is 15.9 Å². The van der Waals surface area contributed by atoms with Gasteiger partial charge in [0.1, 0.15) is 0 Å². The Morgan fingerprint density at radius 1 is 1.33 bits per heavy atom. The highest BCUT2D eigenvalue weighted by Crippen LogP contribution is 2.29. The van der Waals surface area contributed by atoms with Crippen LogP contribution in [0.3, 0.4) is 0 Å². The molecule has 0 amide bonds. The number of halogens is 1. The summed E-state index contributed by atoms with van der Waals surface area (Å²) in [6.07, 6.45) is 0.930. The summed E-state index contributed by atoms with van der Waals surface area (Å²) in [5.41, 5.74) is 6.04. The van der Waals surface area contributed by atoms with Gasteiger partial charge in [0, 0.05) is 23.2 Å². The summed E-state index contributed by atoms with van der Waals surface area (Å²) >= 11 is 3.23. The Morgan fingerprint density at radius 2 is 2.00 bits per heavy atom. The van der Waals surface area contributed by atoms with E-state index in [4.69, 9.17) is 5.73 Å². The Labute approximate surface area is 97.2 Å². The number of hydrogen-bond donors (Lipinski definition) is 1. The first kappa shape index (κ1) is 10.9. The van der Waals surface area contributed by atoms with Gasteiger partial charge in [-0.1, -0.05) is 0 Å². The molecule has 0 unspecified atom stereocenters. The molecule has 0 spiro atoms. The number of benzene rings is 1. The van der Waals surface area contributed by atoms with Crippen molar-refractivity contribution >= 4 is 31.6 Å². The fourth-order valence-corrected chi connectivity index (χ4v) is 3.86. The number of nitrogens with two attached hydrogens (primary N) is 1. The SMILES string of the molecule is Nc1ccc(Br)c(S(=O)(=O)N2CCC2)c1. The number of nitrogens with zero attached hydrogens (tertiary/aromatic N) is 1. The van der Waals surface area contributed by atoms with Gasteiger partial charge in [-0.3, -0.25) is 0 Å². The van der Waals surface area contributed by atoms with Gasteiger partial charge in [-0.15, -0.1) is 0 Å². The molecule has 0 atom stereocenters. The molecule has 1 aliphatic heterocycles. The fourth-order valence-electron chi connectivity index (χ4n) is 1.38. The third-order valence-electron chi connectivity index (χ3n) is 2.39. The summed E-state index contributed by atoms with van der Waals surface area (Å²) in [6.45, 7) is 1.20. The third-order valence-corrected chi connectivity index (χ3v) is 5.28. The van der Waals surface area contributed by atoms with E-state index in [1.807, 2.05) is 0 Å². The highest BCUT2D eigenvalue weighted by atomic mass is 79.9. The molecular formula is C9H11BrN2O2S. The summed E-state index contributed by atoms with van der Waals surface area (Å²) in [6, 6.07) is 4.80. The second-order valence-electron chi connectivity index (χ2n) is 3.45. The van der Waals surface area contributed by atoms with Crippen molar-refractivity contribution in [2.45, 2.75) is 11.3 Å². The van der Waals surface area contributed by atoms with Gasteiger partial charge in [-0.05, 0) is 40.5 Å². The quantitative estimate of drug-likeness (QED) is 0.838. The lowest BCUT2D eigenvalue weighted by Gasteiger charge is -2.30. The second kappa shape index (κ2) is 3.77. The first-order valence-electron chi connectivity index (χ1n) is 4.57. The maximum atomic E-state index is 12.0. The standard InChI is InChI=1S/C9H11BrN2O2S/c10-8-3-2-7(11)6-9(8)15(13,14)12-4-1-5-12/h2-3,6H,1,4-5,11H2. The zero-order valence-electron chi connectivity index (χ0n) is 7.98. The van der Waals surface area contributed by atoms with Gasteiger partial charge in [0.2, 0.25) is 10.0 Å². The van der Waals surface area contributed by atoms with Crippen LogP contribution in [-0.4, -0.2) is 25.8 Å². The van der Waals surface area contributed by atoms with E-state index in [0.29, 0.717) is 23.2 Å². The van der Waals surface area contributed by atoms with Crippen LogP contribution in [0.5, 0.6) is 0 Å². The number of rotatable bonds is 2. The second-order valence-corrected chi connectivity index (χ2v) is 6.21. The summed E-state index contributed by atoms with van der Waals surface area (Å²) in [4.78, 5) is 0.252. The van der Waals surface area contributed by atoms with E-state index in [0.717, 1.165) is 6.42 Å². The smallest absolute Gasteiger partial charge is 0.244 e. The molecule has 0 radical (unpaired) electrons. The van der Waals surface area contributed by atoms with Crippen molar-refractivity contribution in [3.63, 3.8) is 0 Å². The molecule has 0 saturated carbocycles. The maximum absolute atomic E-state index is 12.0. The Hall–Kier alpha value is -0.590. The normalized spacial score (nSPS) is 17.4. The van der Waals surface area contributed by atoms with Crippen molar-refractivity contribution in [2.24, 2.45) is 0 Å². The van der Waals surface area contributed by atoms with Crippen molar-refractivity contribution in [3.8, 4) is 0 Å². The van der Waals surface area contributed by atoms with Gasteiger partial charge in [0.15, 0.2) is 0 Å². The van der Waals surface area contributed by atoms with E-state index in [1.54, 1.807) is 12.1 Å². The van der Waals surface area contributed by atoms with Crippen LogP contribution in [0.25, 0.3) is 0 Å². The zero-order chi connectivity index (χ0) is 11.1. The molecule has 1 saturated heterocycles. The number of anilines is 1. The highest BCUT2D eigenvalue weighted by Gasteiger charge is 2.30. The van der Waals surface area contributed by atoms with Crippen LogP contribution in [0.4, 0.5) is 5.69 Å². The van der Waals surface area contributed by atoms with Gasteiger partial charge in [0.25, 0.3) is 0 Å². The Morgan fingerprint density at radius 3 is 2.53 bits per heavy atom. The van der Waals surface area contributed by atoms with Crippen molar-refractivity contribution in [1.82, 2.24) is 4.31 Å².